The summed E-state index contributed by atoms with van der Waals surface area (Å²) in [5.41, 5.74) is -1.37. The Morgan fingerprint density at radius 3 is 1.87 bits per heavy atom. The predicted molar refractivity (Wildman–Crippen MR) is 52.7 cm³/mol. The maximum Gasteiger partial charge on any atom is 0.325 e. The Labute approximate surface area is 87.8 Å². The Bertz CT molecular complexity index is 369. The fourth-order valence-electron chi connectivity index (χ4n) is 3.13. The van der Waals surface area contributed by atoms with Crippen LogP contribution in [0.25, 0.3) is 0 Å². The van der Waals surface area contributed by atoms with Gasteiger partial charge in [0.2, 0.25) is 0 Å². The van der Waals surface area contributed by atoms with Crippen LogP contribution in [0.3, 0.4) is 0 Å². The maximum absolute atomic E-state index is 11.8. The Kier molecular flexibility index (Phi) is 1.54. The number of esters is 2. The molecule has 1 aliphatic heterocycles. The van der Waals surface area contributed by atoms with Crippen LogP contribution in [-0.4, -0.2) is 11.9 Å². The van der Waals surface area contributed by atoms with Crippen LogP contribution in [0.1, 0.15) is 25.7 Å². The van der Waals surface area contributed by atoms with Crippen molar-refractivity contribution in [1.82, 2.24) is 0 Å². The van der Waals surface area contributed by atoms with Gasteiger partial charge in [-0.05, 0) is 12.8 Å². The fraction of sp³-hybridized carbons (Fsp3) is 0.500. The van der Waals surface area contributed by atoms with Crippen molar-refractivity contribution in [3.63, 3.8) is 0 Å². The molecule has 3 aliphatic rings. The lowest BCUT2D eigenvalue weighted by atomic mass is 9.55. The monoisotopic (exact) mass is 204 g/mol. The Balaban J connectivity index is 2.23. The Hall–Kier alpha value is -1.38. The lowest BCUT2D eigenvalue weighted by Crippen LogP contribution is -2.45. The van der Waals surface area contributed by atoms with E-state index in [2.05, 4.69) is 0 Å². The van der Waals surface area contributed by atoms with Crippen LogP contribution in [-0.2, 0) is 14.3 Å². The van der Waals surface area contributed by atoms with Gasteiger partial charge in [0.05, 0.1) is 0 Å². The second kappa shape index (κ2) is 2.60. The van der Waals surface area contributed by atoms with E-state index in [9.17, 15) is 9.59 Å². The molecule has 0 aromatic heterocycles. The van der Waals surface area contributed by atoms with E-state index < -0.39 is 10.8 Å². The third-order valence-corrected chi connectivity index (χ3v) is 3.97. The van der Waals surface area contributed by atoms with Crippen molar-refractivity contribution < 1.29 is 14.3 Å². The summed E-state index contributed by atoms with van der Waals surface area (Å²) in [6.45, 7) is 0. The van der Waals surface area contributed by atoms with Crippen molar-refractivity contribution in [2.75, 3.05) is 0 Å². The summed E-state index contributed by atoms with van der Waals surface area (Å²) >= 11 is 0. The van der Waals surface area contributed by atoms with Gasteiger partial charge >= 0.3 is 11.9 Å². The molecule has 2 aliphatic carbocycles. The number of cyclic esters (lactones) is 2. The molecule has 3 rings (SSSR count). The summed E-state index contributed by atoms with van der Waals surface area (Å²) in [6, 6.07) is 0. The van der Waals surface area contributed by atoms with E-state index in [4.69, 9.17) is 4.74 Å². The number of allylic oxidation sites excluding steroid dienone is 2. The van der Waals surface area contributed by atoms with Crippen LogP contribution in [0, 0.1) is 10.8 Å². The molecular weight excluding hydrogens is 192 g/mol. The molecular formula is C12H12O3. The van der Waals surface area contributed by atoms with Crippen molar-refractivity contribution >= 4 is 11.9 Å². The summed E-state index contributed by atoms with van der Waals surface area (Å²) in [5, 5.41) is 0. The molecule has 0 unspecified atom stereocenters. The molecule has 0 spiro atoms. The molecule has 2 atom stereocenters. The summed E-state index contributed by atoms with van der Waals surface area (Å²) in [4.78, 5) is 23.7. The number of rotatable bonds is 0. The Morgan fingerprint density at radius 1 is 0.933 bits per heavy atom. The third-order valence-electron chi connectivity index (χ3n) is 3.97. The summed E-state index contributed by atoms with van der Waals surface area (Å²) in [7, 11) is 0. The topological polar surface area (TPSA) is 43.4 Å². The number of hydrogen-bond donors (Lipinski definition) is 0. The molecule has 3 heteroatoms. The molecule has 2 fully saturated rings. The lowest BCUT2D eigenvalue weighted by molar-refractivity contribution is -0.155. The second-order valence-electron chi connectivity index (χ2n) is 4.55. The molecule has 1 heterocycles. The van der Waals surface area contributed by atoms with Gasteiger partial charge < -0.3 is 4.74 Å². The summed E-state index contributed by atoms with van der Waals surface area (Å²) in [6.07, 6.45) is 10.9. The van der Waals surface area contributed by atoms with Gasteiger partial charge in [-0.3, -0.25) is 9.59 Å². The minimum Gasteiger partial charge on any atom is -0.392 e. The van der Waals surface area contributed by atoms with E-state index in [1.165, 1.54) is 0 Å². The number of carbonyl (C=O) groups is 2. The van der Waals surface area contributed by atoms with Gasteiger partial charge in [-0.1, -0.05) is 37.1 Å². The van der Waals surface area contributed by atoms with E-state index in [-0.39, 0.29) is 11.9 Å². The first-order valence-corrected chi connectivity index (χ1v) is 5.35. The van der Waals surface area contributed by atoms with Gasteiger partial charge in [0, 0.05) is 0 Å². The predicted octanol–water partition coefficient (Wildman–Crippen LogP) is 1.74. The highest BCUT2D eigenvalue weighted by Crippen LogP contribution is 2.59. The van der Waals surface area contributed by atoms with Crippen LogP contribution >= 0.6 is 0 Å². The van der Waals surface area contributed by atoms with Crippen LogP contribution in [0.5, 0.6) is 0 Å². The third kappa shape index (κ3) is 0.822. The van der Waals surface area contributed by atoms with E-state index >= 15 is 0 Å². The standard InChI is InChI=1S/C12H12O3/c13-9-11-5-1-2-6-12(11,10(14)15-9)8-4-3-7-11/h1-2,5-6H,3-4,7-8H2/t11-,12+. The molecule has 0 amide bonds. The molecule has 0 bridgehead atoms. The fourth-order valence-corrected chi connectivity index (χ4v) is 3.13. The summed E-state index contributed by atoms with van der Waals surface area (Å²) < 4.78 is 4.86. The van der Waals surface area contributed by atoms with Gasteiger partial charge in [-0.15, -0.1) is 0 Å². The molecule has 1 saturated carbocycles. The van der Waals surface area contributed by atoms with E-state index in [1.807, 2.05) is 24.3 Å². The first-order chi connectivity index (χ1) is 7.21. The van der Waals surface area contributed by atoms with Crippen molar-refractivity contribution in [2.45, 2.75) is 25.7 Å². The second-order valence-corrected chi connectivity index (χ2v) is 4.55. The average molecular weight is 204 g/mol. The Morgan fingerprint density at radius 2 is 1.40 bits per heavy atom. The van der Waals surface area contributed by atoms with Gasteiger partial charge in [-0.25, -0.2) is 0 Å². The van der Waals surface area contributed by atoms with Crippen molar-refractivity contribution in [3.05, 3.63) is 24.3 Å². The molecule has 78 valence electrons. The van der Waals surface area contributed by atoms with Crippen molar-refractivity contribution in [2.24, 2.45) is 10.8 Å². The van der Waals surface area contributed by atoms with Gasteiger partial charge in [0.25, 0.3) is 0 Å². The lowest BCUT2D eigenvalue weighted by Gasteiger charge is -2.41. The number of hydrogen-bond acceptors (Lipinski definition) is 3. The zero-order valence-corrected chi connectivity index (χ0v) is 8.36. The average Bonchev–Trinajstić information content (AvgIpc) is 2.50. The maximum atomic E-state index is 11.8. The highest BCUT2D eigenvalue weighted by molar-refractivity contribution is 6.04. The number of carbonyl (C=O) groups excluding carboxylic acids is 2. The van der Waals surface area contributed by atoms with Crippen molar-refractivity contribution in [3.8, 4) is 0 Å². The van der Waals surface area contributed by atoms with Gasteiger partial charge in [0.1, 0.15) is 10.8 Å². The molecule has 0 aromatic carbocycles. The smallest absolute Gasteiger partial charge is 0.325 e. The largest absolute Gasteiger partial charge is 0.392 e. The highest BCUT2D eigenvalue weighted by atomic mass is 16.6. The van der Waals surface area contributed by atoms with E-state index in [0.29, 0.717) is 0 Å². The molecule has 15 heavy (non-hydrogen) atoms. The first kappa shape index (κ1) is 8.89. The molecule has 0 aromatic rings. The minimum absolute atomic E-state index is 0.354. The zero-order chi connectivity index (χ0) is 10.5. The van der Waals surface area contributed by atoms with Crippen molar-refractivity contribution in [1.29, 1.82) is 0 Å². The first-order valence-electron chi connectivity index (χ1n) is 5.35. The normalized spacial score (nSPS) is 42.4. The van der Waals surface area contributed by atoms with Crippen LogP contribution in [0.4, 0.5) is 0 Å². The minimum atomic E-state index is -0.683. The number of ether oxygens (including phenoxy) is 1. The van der Waals surface area contributed by atoms with Crippen LogP contribution < -0.4 is 0 Å². The SMILES string of the molecule is O=C1OC(=O)[C@]23C=CC=C[C@]12CCCC3. The molecule has 1 saturated heterocycles. The molecule has 0 radical (unpaired) electrons. The highest BCUT2D eigenvalue weighted by Gasteiger charge is 2.66. The van der Waals surface area contributed by atoms with Gasteiger partial charge in [-0.2, -0.15) is 0 Å². The van der Waals surface area contributed by atoms with Crippen LogP contribution in [0.15, 0.2) is 24.3 Å². The van der Waals surface area contributed by atoms with E-state index in [0.717, 1.165) is 25.7 Å². The molecule has 3 nitrogen and oxygen atoms in total. The summed E-state index contributed by atoms with van der Waals surface area (Å²) in [5.74, 6) is -0.708. The van der Waals surface area contributed by atoms with E-state index in [1.54, 1.807) is 0 Å². The molecule has 0 N–H and O–H groups in total. The quantitative estimate of drug-likeness (QED) is 0.446. The van der Waals surface area contributed by atoms with Crippen LogP contribution in [0.2, 0.25) is 0 Å². The zero-order valence-electron chi connectivity index (χ0n) is 8.36. The van der Waals surface area contributed by atoms with Gasteiger partial charge in [0.15, 0.2) is 0 Å².